The van der Waals surface area contributed by atoms with Crippen molar-refractivity contribution in [2.75, 3.05) is 57.7 Å². The Morgan fingerprint density at radius 3 is 2.66 bits per heavy atom. The van der Waals surface area contributed by atoms with Crippen LogP contribution in [0, 0.1) is 5.92 Å². The molecule has 0 aliphatic carbocycles. The number of pyridine rings is 1. The molecular formula is C26H31N7O2. The van der Waals surface area contributed by atoms with Gasteiger partial charge in [-0.3, -0.25) is 29.5 Å². The van der Waals surface area contributed by atoms with Gasteiger partial charge in [-0.15, -0.1) is 6.58 Å². The zero-order valence-corrected chi connectivity index (χ0v) is 19.8. The number of hydrogen-bond acceptors (Lipinski definition) is 6. The first-order valence-electron chi connectivity index (χ1n) is 12.1. The highest BCUT2D eigenvalue weighted by Gasteiger charge is 2.31. The van der Waals surface area contributed by atoms with Crippen molar-refractivity contribution in [3.8, 4) is 11.3 Å². The zero-order chi connectivity index (χ0) is 24.2. The number of carbonyl (C=O) groups is 2. The molecule has 2 amide bonds. The van der Waals surface area contributed by atoms with Crippen molar-refractivity contribution in [3.05, 3.63) is 55.4 Å². The molecule has 1 aromatic carbocycles. The van der Waals surface area contributed by atoms with Crippen molar-refractivity contribution in [1.29, 1.82) is 0 Å². The van der Waals surface area contributed by atoms with Gasteiger partial charge in [0.25, 0.3) is 0 Å². The molecule has 5 rings (SSSR count). The number of fused-ring (bicyclic) bond motifs is 1. The van der Waals surface area contributed by atoms with Crippen LogP contribution in [-0.2, 0) is 9.59 Å². The average Bonchev–Trinajstić information content (AvgIpc) is 3.52. The summed E-state index contributed by atoms with van der Waals surface area (Å²) < 4.78 is 0. The van der Waals surface area contributed by atoms with E-state index in [4.69, 9.17) is 0 Å². The quantitative estimate of drug-likeness (QED) is 0.511. The minimum absolute atomic E-state index is 0.00806. The molecule has 2 N–H and O–H groups in total. The summed E-state index contributed by atoms with van der Waals surface area (Å²) in [5.74, 6) is 0.0107. The Balaban J connectivity index is 1.16. The molecular weight excluding hydrogens is 442 g/mol. The van der Waals surface area contributed by atoms with Gasteiger partial charge in [0.05, 0.1) is 18.0 Å². The highest BCUT2D eigenvalue weighted by Crippen LogP contribution is 2.28. The highest BCUT2D eigenvalue weighted by atomic mass is 16.2. The zero-order valence-electron chi connectivity index (χ0n) is 19.8. The number of rotatable bonds is 7. The van der Waals surface area contributed by atoms with Crippen LogP contribution in [-0.4, -0.2) is 94.1 Å². The van der Waals surface area contributed by atoms with Crippen molar-refractivity contribution in [2.45, 2.75) is 6.42 Å². The van der Waals surface area contributed by atoms with Gasteiger partial charge in [0, 0.05) is 68.3 Å². The summed E-state index contributed by atoms with van der Waals surface area (Å²) in [6.07, 6.45) is 6.13. The predicted octanol–water partition coefficient (Wildman–Crippen LogP) is 2.22. The lowest BCUT2D eigenvalue weighted by Gasteiger charge is -2.35. The van der Waals surface area contributed by atoms with Gasteiger partial charge in [0.2, 0.25) is 11.8 Å². The number of benzene rings is 1. The van der Waals surface area contributed by atoms with Gasteiger partial charge in [0.1, 0.15) is 5.69 Å². The number of nitrogens with zero attached hydrogens (tertiary/aromatic N) is 5. The summed E-state index contributed by atoms with van der Waals surface area (Å²) in [6.45, 7) is 9.65. The Kier molecular flexibility index (Phi) is 6.87. The van der Waals surface area contributed by atoms with E-state index in [0.717, 1.165) is 73.5 Å². The van der Waals surface area contributed by atoms with E-state index in [1.54, 1.807) is 12.4 Å². The van der Waals surface area contributed by atoms with Gasteiger partial charge >= 0.3 is 0 Å². The van der Waals surface area contributed by atoms with Crippen LogP contribution >= 0.6 is 0 Å². The van der Waals surface area contributed by atoms with E-state index >= 15 is 0 Å². The Labute approximate surface area is 204 Å². The minimum Gasteiger partial charge on any atom is -0.339 e. The fourth-order valence-corrected chi connectivity index (χ4v) is 4.91. The number of piperazine rings is 1. The number of likely N-dealkylation sites (tertiary alicyclic amines) is 1. The summed E-state index contributed by atoms with van der Waals surface area (Å²) >= 11 is 0. The molecule has 2 aliphatic rings. The van der Waals surface area contributed by atoms with Crippen molar-refractivity contribution >= 4 is 28.4 Å². The Morgan fingerprint density at radius 2 is 1.89 bits per heavy atom. The maximum Gasteiger partial charge on any atom is 0.236 e. The molecule has 0 bridgehead atoms. The summed E-state index contributed by atoms with van der Waals surface area (Å²) in [4.78, 5) is 36.2. The molecule has 2 fully saturated rings. The van der Waals surface area contributed by atoms with Crippen LogP contribution in [0.25, 0.3) is 22.2 Å². The lowest BCUT2D eigenvalue weighted by Crippen LogP contribution is -2.51. The van der Waals surface area contributed by atoms with Gasteiger partial charge < -0.3 is 10.2 Å². The molecule has 0 unspecified atom stereocenters. The topological polar surface area (TPSA) is 97.5 Å². The number of anilines is 1. The first kappa shape index (κ1) is 23.2. The third-order valence-corrected chi connectivity index (χ3v) is 6.90. The number of aromatic amines is 1. The molecule has 2 aliphatic heterocycles. The van der Waals surface area contributed by atoms with Crippen LogP contribution in [0.5, 0.6) is 0 Å². The molecule has 2 saturated heterocycles. The van der Waals surface area contributed by atoms with E-state index < -0.39 is 0 Å². The number of H-pyrrole nitrogens is 1. The summed E-state index contributed by atoms with van der Waals surface area (Å²) in [5, 5.41) is 11.5. The van der Waals surface area contributed by atoms with E-state index in [0.29, 0.717) is 13.1 Å². The normalized spacial score (nSPS) is 19.2. The van der Waals surface area contributed by atoms with Crippen molar-refractivity contribution in [1.82, 2.24) is 29.9 Å². The standard InChI is InChI=1S/C26H31N7O2/c1-2-10-31-12-14-33(15-13-31)24(34)18-32-11-7-20(17-32)26(35)28-21-3-4-23-22(16-21)25(30-29-23)19-5-8-27-9-6-19/h2-6,8-9,16,20H,1,7,10-15,17-18H2,(H,28,35)(H,29,30)/t20-/m1/s1. The first-order valence-corrected chi connectivity index (χ1v) is 12.1. The molecule has 2 aromatic heterocycles. The predicted molar refractivity (Wildman–Crippen MR) is 136 cm³/mol. The summed E-state index contributed by atoms with van der Waals surface area (Å²) in [5.41, 5.74) is 3.44. The molecule has 182 valence electrons. The minimum atomic E-state index is -0.132. The fourth-order valence-electron chi connectivity index (χ4n) is 4.91. The Hall–Kier alpha value is -3.56. The second kappa shape index (κ2) is 10.4. The number of aromatic nitrogens is 3. The second-order valence-corrected chi connectivity index (χ2v) is 9.25. The third-order valence-electron chi connectivity index (χ3n) is 6.90. The first-order chi connectivity index (χ1) is 17.1. The second-order valence-electron chi connectivity index (χ2n) is 9.25. The Bertz CT molecular complexity index is 1200. The van der Waals surface area contributed by atoms with E-state index in [1.807, 2.05) is 41.3 Å². The smallest absolute Gasteiger partial charge is 0.236 e. The number of nitrogens with one attached hydrogen (secondary N) is 2. The molecule has 35 heavy (non-hydrogen) atoms. The highest BCUT2D eigenvalue weighted by molar-refractivity contribution is 5.99. The molecule has 9 nitrogen and oxygen atoms in total. The van der Waals surface area contributed by atoms with Crippen LogP contribution in [0.15, 0.2) is 55.4 Å². The molecule has 1 atom stereocenters. The van der Waals surface area contributed by atoms with Gasteiger partial charge in [-0.2, -0.15) is 5.10 Å². The van der Waals surface area contributed by atoms with Gasteiger partial charge in [-0.25, -0.2) is 0 Å². The lowest BCUT2D eigenvalue weighted by atomic mass is 10.1. The van der Waals surface area contributed by atoms with Crippen LogP contribution < -0.4 is 5.32 Å². The number of hydrogen-bond donors (Lipinski definition) is 2. The number of carbonyl (C=O) groups excluding carboxylic acids is 2. The molecule has 0 spiro atoms. The van der Waals surface area contributed by atoms with E-state index in [9.17, 15) is 9.59 Å². The molecule has 3 aromatic rings. The summed E-state index contributed by atoms with van der Waals surface area (Å²) in [6, 6.07) is 9.59. The van der Waals surface area contributed by atoms with Gasteiger partial charge in [0.15, 0.2) is 0 Å². The van der Waals surface area contributed by atoms with E-state index in [2.05, 4.69) is 36.9 Å². The van der Waals surface area contributed by atoms with E-state index in [1.165, 1.54) is 0 Å². The van der Waals surface area contributed by atoms with Crippen LogP contribution in [0.1, 0.15) is 6.42 Å². The maximum atomic E-state index is 13.0. The van der Waals surface area contributed by atoms with Gasteiger partial charge in [-0.1, -0.05) is 6.08 Å². The van der Waals surface area contributed by atoms with E-state index in [-0.39, 0.29) is 17.7 Å². The SMILES string of the molecule is C=CCN1CCN(C(=O)CN2CC[C@@H](C(=O)Nc3ccc4[nH]nc(-c5ccncc5)c4c3)C2)CC1. The van der Waals surface area contributed by atoms with Crippen LogP contribution in [0.3, 0.4) is 0 Å². The lowest BCUT2D eigenvalue weighted by molar-refractivity contribution is -0.134. The monoisotopic (exact) mass is 473 g/mol. The molecule has 0 radical (unpaired) electrons. The van der Waals surface area contributed by atoms with Crippen molar-refractivity contribution in [3.63, 3.8) is 0 Å². The molecule has 9 heteroatoms. The fraction of sp³-hybridized carbons (Fsp3) is 0.385. The van der Waals surface area contributed by atoms with Gasteiger partial charge in [-0.05, 0) is 43.3 Å². The molecule has 4 heterocycles. The number of amides is 2. The average molecular weight is 474 g/mol. The van der Waals surface area contributed by atoms with Crippen molar-refractivity contribution < 1.29 is 9.59 Å². The largest absolute Gasteiger partial charge is 0.339 e. The van der Waals surface area contributed by atoms with Crippen molar-refractivity contribution in [2.24, 2.45) is 5.92 Å². The van der Waals surface area contributed by atoms with Crippen LogP contribution in [0.2, 0.25) is 0 Å². The Morgan fingerprint density at radius 1 is 1.09 bits per heavy atom. The maximum absolute atomic E-state index is 13.0. The summed E-state index contributed by atoms with van der Waals surface area (Å²) in [7, 11) is 0. The van der Waals surface area contributed by atoms with Crippen LogP contribution in [0.4, 0.5) is 5.69 Å². The third kappa shape index (κ3) is 5.26. The molecule has 0 saturated carbocycles.